The minimum absolute atomic E-state index is 0.138. The highest BCUT2D eigenvalue weighted by Crippen LogP contribution is 2.36. The summed E-state index contributed by atoms with van der Waals surface area (Å²) in [6.45, 7) is 13.8. The van der Waals surface area contributed by atoms with Gasteiger partial charge in [-0.15, -0.1) is 0 Å². The molecule has 106 valence electrons. The fourth-order valence-corrected chi connectivity index (χ4v) is 3.38. The molecule has 2 nitrogen and oxygen atoms in total. The fourth-order valence-electron chi connectivity index (χ4n) is 3.38. The van der Waals surface area contributed by atoms with E-state index >= 15 is 0 Å². The Morgan fingerprint density at radius 1 is 1.05 bits per heavy atom. The van der Waals surface area contributed by atoms with Gasteiger partial charge in [0.15, 0.2) is 0 Å². The average Bonchev–Trinajstić information content (AvgIpc) is 2.68. The molecule has 0 saturated carbocycles. The second kappa shape index (κ2) is 4.92. The van der Waals surface area contributed by atoms with Crippen LogP contribution in [0.15, 0.2) is 18.2 Å². The van der Waals surface area contributed by atoms with E-state index in [1.165, 1.54) is 17.5 Å². The smallest absolute Gasteiger partial charge is 0.0681 e. The summed E-state index contributed by atoms with van der Waals surface area (Å²) in [4.78, 5) is 2.56. The van der Waals surface area contributed by atoms with Crippen molar-refractivity contribution in [1.29, 1.82) is 0 Å². The van der Waals surface area contributed by atoms with Gasteiger partial charge < -0.3 is 5.11 Å². The van der Waals surface area contributed by atoms with Gasteiger partial charge in [-0.3, -0.25) is 4.90 Å². The number of benzene rings is 1. The van der Waals surface area contributed by atoms with Crippen LogP contribution < -0.4 is 0 Å². The third kappa shape index (κ3) is 3.37. The van der Waals surface area contributed by atoms with Crippen LogP contribution in [0, 0.1) is 5.41 Å². The summed E-state index contributed by atoms with van der Waals surface area (Å²) in [5.74, 6) is 0. The predicted octanol–water partition coefficient (Wildman–Crippen LogP) is 3.71. The molecule has 1 heterocycles. The number of hydrogen-bond acceptors (Lipinski definition) is 2. The van der Waals surface area contributed by atoms with Crippen molar-refractivity contribution in [3.8, 4) is 0 Å². The Labute approximate surface area is 117 Å². The van der Waals surface area contributed by atoms with Gasteiger partial charge in [0.25, 0.3) is 0 Å². The summed E-state index contributed by atoms with van der Waals surface area (Å²) < 4.78 is 0. The van der Waals surface area contributed by atoms with Crippen LogP contribution in [0.4, 0.5) is 0 Å². The zero-order valence-electron chi connectivity index (χ0n) is 13.0. The minimum atomic E-state index is 0.138. The quantitative estimate of drug-likeness (QED) is 0.896. The molecule has 0 amide bonds. The molecule has 0 fully saturated rings. The van der Waals surface area contributed by atoms with Crippen molar-refractivity contribution in [1.82, 2.24) is 4.90 Å². The average molecular weight is 261 g/mol. The molecule has 0 aromatic heterocycles. The SMILES string of the molecule is CC(C)(C)CC(C)(C)N1Cc2ccc(CO)cc2C1. The molecule has 1 aromatic rings. The van der Waals surface area contributed by atoms with Gasteiger partial charge in [-0.25, -0.2) is 0 Å². The molecule has 1 N–H and O–H groups in total. The standard InChI is InChI=1S/C17H27NO/c1-16(2,3)12-17(4,5)18-9-14-7-6-13(11-19)8-15(14)10-18/h6-8,19H,9-12H2,1-5H3. The maximum atomic E-state index is 9.23. The summed E-state index contributed by atoms with van der Waals surface area (Å²) in [5, 5.41) is 9.23. The van der Waals surface area contributed by atoms with Crippen LogP contribution in [0.25, 0.3) is 0 Å². The number of hydrogen-bond donors (Lipinski definition) is 1. The highest BCUT2D eigenvalue weighted by atomic mass is 16.3. The molecule has 0 atom stereocenters. The predicted molar refractivity (Wildman–Crippen MR) is 79.8 cm³/mol. The van der Waals surface area contributed by atoms with Crippen molar-refractivity contribution in [3.05, 3.63) is 34.9 Å². The van der Waals surface area contributed by atoms with Crippen molar-refractivity contribution in [3.63, 3.8) is 0 Å². The number of aliphatic hydroxyl groups is 1. The van der Waals surface area contributed by atoms with Crippen LogP contribution in [0.5, 0.6) is 0 Å². The van der Waals surface area contributed by atoms with E-state index in [1.54, 1.807) is 0 Å². The van der Waals surface area contributed by atoms with E-state index in [-0.39, 0.29) is 12.1 Å². The Morgan fingerprint density at radius 2 is 1.68 bits per heavy atom. The summed E-state index contributed by atoms with van der Waals surface area (Å²) in [6, 6.07) is 6.37. The van der Waals surface area contributed by atoms with E-state index in [0.717, 1.165) is 18.7 Å². The second-order valence-corrected chi connectivity index (χ2v) is 7.67. The highest BCUT2D eigenvalue weighted by molar-refractivity contribution is 5.35. The molecular weight excluding hydrogens is 234 g/mol. The molecule has 19 heavy (non-hydrogen) atoms. The van der Waals surface area contributed by atoms with Crippen LogP contribution in [-0.2, 0) is 19.7 Å². The fraction of sp³-hybridized carbons (Fsp3) is 0.647. The molecule has 1 aromatic carbocycles. The maximum absolute atomic E-state index is 9.23. The van der Waals surface area contributed by atoms with Crippen molar-refractivity contribution in [2.45, 2.75) is 66.3 Å². The topological polar surface area (TPSA) is 23.5 Å². The van der Waals surface area contributed by atoms with Gasteiger partial charge in [0.05, 0.1) is 6.61 Å². The summed E-state index contributed by atoms with van der Waals surface area (Å²) in [7, 11) is 0. The Balaban J connectivity index is 2.14. The molecular formula is C17H27NO. The first-order valence-electron chi connectivity index (χ1n) is 7.18. The highest BCUT2D eigenvalue weighted by Gasteiger charge is 2.34. The molecule has 0 bridgehead atoms. The third-order valence-electron chi connectivity index (χ3n) is 3.99. The Kier molecular flexibility index (Phi) is 3.76. The Morgan fingerprint density at radius 3 is 2.26 bits per heavy atom. The zero-order chi connectivity index (χ0) is 14.3. The Bertz CT molecular complexity index is 457. The third-order valence-corrected chi connectivity index (χ3v) is 3.99. The monoisotopic (exact) mass is 261 g/mol. The van der Waals surface area contributed by atoms with E-state index in [0.29, 0.717) is 5.41 Å². The van der Waals surface area contributed by atoms with E-state index in [2.05, 4.69) is 51.7 Å². The van der Waals surface area contributed by atoms with Gasteiger partial charge >= 0.3 is 0 Å². The number of fused-ring (bicyclic) bond motifs is 1. The van der Waals surface area contributed by atoms with Crippen LogP contribution >= 0.6 is 0 Å². The first kappa shape index (κ1) is 14.5. The van der Waals surface area contributed by atoms with E-state index in [1.807, 2.05) is 6.07 Å². The molecule has 0 aliphatic carbocycles. The van der Waals surface area contributed by atoms with Crippen molar-refractivity contribution >= 4 is 0 Å². The van der Waals surface area contributed by atoms with Gasteiger partial charge in [-0.1, -0.05) is 39.0 Å². The van der Waals surface area contributed by atoms with E-state index in [4.69, 9.17) is 0 Å². The Hall–Kier alpha value is -0.860. The van der Waals surface area contributed by atoms with Gasteiger partial charge in [0.2, 0.25) is 0 Å². The molecule has 0 spiro atoms. The molecule has 0 unspecified atom stereocenters. The van der Waals surface area contributed by atoms with Crippen LogP contribution in [-0.4, -0.2) is 15.5 Å². The summed E-state index contributed by atoms with van der Waals surface area (Å²) in [5.41, 5.74) is 4.37. The zero-order valence-corrected chi connectivity index (χ0v) is 13.0. The second-order valence-electron chi connectivity index (χ2n) is 7.67. The summed E-state index contributed by atoms with van der Waals surface area (Å²) >= 11 is 0. The normalized spacial score (nSPS) is 16.7. The molecule has 0 radical (unpaired) electrons. The number of rotatable bonds is 3. The van der Waals surface area contributed by atoms with Crippen LogP contribution in [0.2, 0.25) is 0 Å². The molecule has 2 heteroatoms. The van der Waals surface area contributed by atoms with Crippen molar-refractivity contribution in [2.24, 2.45) is 5.41 Å². The minimum Gasteiger partial charge on any atom is -0.392 e. The first-order valence-corrected chi connectivity index (χ1v) is 7.18. The molecule has 2 rings (SSSR count). The molecule has 1 aliphatic heterocycles. The molecule has 0 saturated heterocycles. The van der Waals surface area contributed by atoms with E-state index in [9.17, 15) is 5.11 Å². The van der Waals surface area contributed by atoms with Crippen LogP contribution in [0.3, 0.4) is 0 Å². The lowest BCUT2D eigenvalue weighted by molar-refractivity contribution is 0.0745. The maximum Gasteiger partial charge on any atom is 0.0681 e. The van der Waals surface area contributed by atoms with Gasteiger partial charge in [0, 0.05) is 18.6 Å². The van der Waals surface area contributed by atoms with Gasteiger partial charge in [-0.2, -0.15) is 0 Å². The lowest BCUT2D eigenvalue weighted by Crippen LogP contribution is -2.43. The van der Waals surface area contributed by atoms with Crippen LogP contribution in [0.1, 0.15) is 57.7 Å². The van der Waals surface area contributed by atoms with Gasteiger partial charge in [0.1, 0.15) is 0 Å². The van der Waals surface area contributed by atoms with Gasteiger partial charge in [-0.05, 0) is 42.4 Å². The van der Waals surface area contributed by atoms with Crippen molar-refractivity contribution < 1.29 is 5.11 Å². The van der Waals surface area contributed by atoms with E-state index < -0.39 is 0 Å². The number of nitrogens with zero attached hydrogens (tertiary/aromatic N) is 1. The van der Waals surface area contributed by atoms with Crippen molar-refractivity contribution in [2.75, 3.05) is 0 Å². The largest absolute Gasteiger partial charge is 0.392 e. The number of aliphatic hydroxyl groups excluding tert-OH is 1. The first-order chi connectivity index (χ1) is 8.71. The lowest BCUT2D eigenvalue weighted by atomic mass is 9.81. The summed E-state index contributed by atoms with van der Waals surface area (Å²) in [6.07, 6.45) is 1.18. The molecule has 1 aliphatic rings. The lowest BCUT2D eigenvalue weighted by Gasteiger charge is -2.40.